The molecule has 24 heavy (non-hydrogen) atoms. The molecule has 0 aliphatic heterocycles. The van der Waals surface area contributed by atoms with Crippen molar-refractivity contribution in [1.29, 1.82) is 0 Å². The number of carbonyl (C=O) groups is 1. The van der Waals surface area contributed by atoms with E-state index < -0.39 is 10.0 Å². The van der Waals surface area contributed by atoms with E-state index in [1.54, 1.807) is 17.4 Å². The lowest BCUT2D eigenvalue weighted by Gasteiger charge is -2.11. The number of rotatable bonds is 8. The largest absolute Gasteiger partial charge is 0.355 e. The molecule has 0 aliphatic carbocycles. The topological polar surface area (TPSA) is 79.4 Å². The van der Waals surface area contributed by atoms with Crippen molar-refractivity contribution in [2.24, 2.45) is 0 Å². The lowest BCUT2D eigenvalue weighted by Crippen LogP contribution is -2.27. The predicted molar refractivity (Wildman–Crippen MR) is 96.9 cm³/mol. The first-order valence-electron chi connectivity index (χ1n) is 7.20. The molecule has 1 amide bonds. The van der Waals surface area contributed by atoms with E-state index in [-0.39, 0.29) is 16.6 Å². The van der Waals surface area contributed by atoms with Gasteiger partial charge in [0.05, 0.1) is 10.8 Å². The molecule has 2 rings (SSSR count). The summed E-state index contributed by atoms with van der Waals surface area (Å²) in [5.41, 5.74) is 0. The third kappa shape index (κ3) is 5.30. The van der Waals surface area contributed by atoms with Gasteiger partial charge < -0.3 is 5.32 Å². The Morgan fingerprint density at radius 2 is 2.12 bits per heavy atom. The molecule has 0 unspecified atom stereocenters. The number of nitrogens with one attached hydrogen (secondary N) is 1. The molecule has 0 spiro atoms. The Labute approximate surface area is 150 Å². The van der Waals surface area contributed by atoms with E-state index >= 15 is 0 Å². The molecule has 0 radical (unpaired) electrons. The Hall–Kier alpha value is -1.42. The molecule has 0 atom stereocenters. The summed E-state index contributed by atoms with van der Waals surface area (Å²) in [5, 5.41) is 5.48. The van der Waals surface area contributed by atoms with E-state index in [0.717, 1.165) is 10.7 Å². The van der Waals surface area contributed by atoms with Crippen LogP contribution in [0.4, 0.5) is 0 Å². The van der Waals surface area contributed by atoms with Crippen LogP contribution < -0.4 is 5.32 Å². The molecular formula is C15H19N3O3S3. The number of aromatic nitrogens is 1. The first kappa shape index (κ1) is 18.9. The molecule has 0 aliphatic rings. The maximum Gasteiger partial charge on any atom is 0.244 e. The van der Waals surface area contributed by atoms with Gasteiger partial charge in [-0.25, -0.2) is 17.7 Å². The van der Waals surface area contributed by atoms with Crippen LogP contribution in [0.5, 0.6) is 0 Å². The highest BCUT2D eigenvalue weighted by atomic mass is 32.2. The molecule has 0 saturated heterocycles. The zero-order valence-corrected chi connectivity index (χ0v) is 15.9. The summed E-state index contributed by atoms with van der Waals surface area (Å²) in [7, 11) is -0.534. The van der Waals surface area contributed by atoms with Crippen LogP contribution in [0.25, 0.3) is 0 Å². The third-order valence-corrected chi connectivity index (χ3v) is 6.79. The summed E-state index contributed by atoms with van der Waals surface area (Å²) in [6, 6.07) is 7.14. The van der Waals surface area contributed by atoms with Crippen LogP contribution in [-0.4, -0.2) is 50.0 Å². The molecule has 2 aromatic heterocycles. The van der Waals surface area contributed by atoms with Gasteiger partial charge in [0.25, 0.3) is 0 Å². The van der Waals surface area contributed by atoms with Gasteiger partial charge in [-0.15, -0.1) is 11.3 Å². The summed E-state index contributed by atoms with van der Waals surface area (Å²) in [4.78, 5) is 17.3. The minimum absolute atomic E-state index is 0.0663. The van der Waals surface area contributed by atoms with Gasteiger partial charge in [0, 0.05) is 31.7 Å². The van der Waals surface area contributed by atoms with E-state index in [2.05, 4.69) is 10.3 Å². The number of thiophene rings is 1. The van der Waals surface area contributed by atoms with Crippen LogP contribution in [0, 0.1) is 0 Å². The smallest absolute Gasteiger partial charge is 0.244 e. The van der Waals surface area contributed by atoms with Crippen LogP contribution in [0.2, 0.25) is 0 Å². The van der Waals surface area contributed by atoms with E-state index in [4.69, 9.17) is 0 Å². The highest BCUT2D eigenvalue weighted by molar-refractivity contribution is 7.99. The summed E-state index contributed by atoms with van der Waals surface area (Å²) < 4.78 is 25.0. The second kappa shape index (κ2) is 8.61. The number of hydrogen-bond acceptors (Lipinski definition) is 6. The maximum atomic E-state index is 11.9. The number of nitrogens with zero attached hydrogens (tertiary/aromatic N) is 2. The fourth-order valence-electron chi connectivity index (χ4n) is 1.79. The van der Waals surface area contributed by atoms with Gasteiger partial charge in [0.15, 0.2) is 0 Å². The highest BCUT2D eigenvalue weighted by Gasteiger charge is 2.17. The van der Waals surface area contributed by atoms with E-state index in [1.807, 2.05) is 17.5 Å². The first-order valence-corrected chi connectivity index (χ1v) is 10.5. The molecule has 9 heteroatoms. The quantitative estimate of drug-likeness (QED) is 0.702. The van der Waals surface area contributed by atoms with E-state index in [1.165, 1.54) is 43.0 Å². The summed E-state index contributed by atoms with van der Waals surface area (Å²) >= 11 is 2.95. The predicted octanol–water partition coefficient (Wildman–Crippen LogP) is 1.84. The average Bonchev–Trinajstić information content (AvgIpc) is 3.06. The monoisotopic (exact) mass is 385 g/mol. The van der Waals surface area contributed by atoms with Crippen molar-refractivity contribution < 1.29 is 13.2 Å². The van der Waals surface area contributed by atoms with Crippen molar-refractivity contribution in [2.45, 2.75) is 16.3 Å². The van der Waals surface area contributed by atoms with Gasteiger partial charge in [0.1, 0.15) is 4.90 Å². The maximum absolute atomic E-state index is 11.9. The van der Waals surface area contributed by atoms with Gasteiger partial charge in [-0.05, 0) is 30.0 Å². The van der Waals surface area contributed by atoms with Crippen LogP contribution in [0.15, 0.2) is 45.8 Å². The number of sulfonamides is 1. The van der Waals surface area contributed by atoms with Crippen LogP contribution in [-0.2, 0) is 21.2 Å². The number of pyridine rings is 1. The summed E-state index contributed by atoms with van der Waals surface area (Å²) in [6.07, 6.45) is 2.13. The summed E-state index contributed by atoms with van der Waals surface area (Å²) in [6.45, 7) is 0.605. The number of hydrogen-bond donors (Lipinski definition) is 1. The molecule has 0 aromatic carbocycles. The van der Waals surface area contributed by atoms with E-state index in [0.29, 0.717) is 11.6 Å². The van der Waals surface area contributed by atoms with E-state index in [9.17, 15) is 13.2 Å². The minimum atomic E-state index is -3.48. The van der Waals surface area contributed by atoms with Crippen molar-refractivity contribution in [3.05, 3.63) is 40.7 Å². The Morgan fingerprint density at radius 3 is 2.71 bits per heavy atom. The minimum Gasteiger partial charge on any atom is -0.355 e. The van der Waals surface area contributed by atoms with Gasteiger partial charge in [-0.2, -0.15) is 0 Å². The molecule has 0 saturated carbocycles. The average molecular weight is 386 g/mol. The number of amides is 1. The Morgan fingerprint density at radius 1 is 1.33 bits per heavy atom. The third-order valence-electron chi connectivity index (χ3n) is 3.11. The zero-order valence-electron chi connectivity index (χ0n) is 13.4. The molecule has 130 valence electrons. The lowest BCUT2D eigenvalue weighted by atomic mass is 10.3. The normalized spacial score (nSPS) is 11.6. The number of carbonyl (C=O) groups excluding carboxylic acids is 1. The second-order valence-corrected chi connectivity index (χ2v) is 9.27. The standard InChI is InChI=1S/C15H19N3O3S3/c1-18(2)24(20,21)13-5-6-15(17-10-13)23-11-14(19)16-8-7-12-4-3-9-22-12/h3-6,9-10H,7-8,11H2,1-2H3,(H,16,19). The van der Waals surface area contributed by atoms with Crippen LogP contribution in [0.1, 0.15) is 4.88 Å². The van der Waals surface area contributed by atoms with Gasteiger partial charge in [0.2, 0.25) is 15.9 Å². The molecule has 0 bridgehead atoms. The Bertz CT molecular complexity index is 757. The van der Waals surface area contributed by atoms with Crippen molar-refractivity contribution in [3.8, 4) is 0 Å². The first-order chi connectivity index (χ1) is 11.4. The molecular weight excluding hydrogens is 366 g/mol. The van der Waals surface area contributed by atoms with Crippen molar-refractivity contribution >= 4 is 39.0 Å². The molecule has 6 nitrogen and oxygen atoms in total. The fourth-order valence-corrected chi connectivity index (χ4v) is 4.02. The fraction of sp³-hybridized carbons (Fsp3) is 0.333. The van der Waals surface area contributed by atoms with Gasteiger partial charge in [-0.1, -0.05) is 17.8 Å². The van der Waals surface area contributed by atoms with Crippen LogP contribution in [0.3, 0.4) is 0 Å². The Kier molecular flexibility index (Phi) is 6.79. The molecule has 2 aromatic rings. The zero-order chi connectivity index (χ0) is 17.6. The number of thioether (sulfide) groups is 1. The molecule has 0 fully saturated rings. The second-order valence-electron chi connectivity index (χ2n) is 5.09. The highest BCUT2D eigenvalue weighted by Crippen LogP contribution is 2.18. The molecule has 2 heterocycles. The van der Waals surface area contributed by atoms with Crippen LogP contribution >= 0.6 is 23.1 Å². The SMILES string of the molecule is CN(C)S(=O)(=O)c1ccc(SCC(=O)NCCc2cccs2)nc1. The van der Waals surface area contributed by atoms with Crippen molar-refractivity contribution in [1.82, 2.24) is 14.6 Å². The van der Waals surface area contributed by atoms with Crippen molar-refractivity contribution in [3.63, 3.8) is 0 Å². The van der Waals surface area contributed by atoms with Gasteiger partial charge in [-0.3, -0.25) is 4.79 Å². The lowest BCUT2D eigenvalue weighted by molar-refractivity contribution is -0.118. The molecule has 1 N–H and O–H groups in total. The van der Waals surface area contributed by atoms with Gasteiger partial charge >= 0.3 is 0 Å². The Balaban J connectivity index is 1.78. The van der Waals surface area contributed by atoms with Crippen molar-refractivity contribution in [2.75, 3.05) is 26.4 Å². The summed E-state index contributed by atoms with van der Waals surface area (Å²) in [5.74, 6) is 0.181.